The van der Waals surface area contributed by atoms with Crippen molar-refractivity contribution in [3.05, 3.63) is 205 Å². The van der Waals surface area contributed by atoms with Gasteiger partial charge in [0.25, 0.3) is 0 Å². The van der Waals surface area contributed by atoms with Gasteiger partial charge in [0.05, 0.1) is 0 Å². The Kier molecular flexibility index (Phi) is 8.10. The van der Waals surface area contributed by atoms with Crippen molar-refractivity contribution in [2.24, 2.45) is 0 Å². The second-order valence-corrected chi connectivity index (χ2v) is 18.3. The molecule has 0 fully saturated rings. The first-order valence-electron chi connectivity index (χ1n) is 20.4. The van der Waals surface area contributed by atoms with Gasteiger partial charge in [0, 0.05) is 20.3 Å². The van der Waals surface area contributed by atoms with E-state index in [9.17, 15) is 0 Å². The summed E-state index contributed by atoms with van der Waals surface area (Å²) in [5.74, 6) is 0. The number of allylic oxidation sites excluding steroid dienone is 2. The molecule has 0 bridgehead atoms. The van der Waals surface area contributed by atoms with Crippen LogP contribution in [0.25, 0.3) is 96.7 Å². The van der Waals surface area contributed by atoms with Gasteiger partial charge in [-0.15, -0.1) is 23.5 Å². The number of rotatable bonds is 5. The molecule has 0 nitrogen and oxygen atoms in total. The summed E-state index contributed by atoms with van der Waals surface area (Å²) in [6.07, 6.45) is 7.22. The maximum atomic E-state index is 2.50. The molecule has 2 aliphatic heterocycles. The maximum absolute atomic E-state index is 2.50. The minimum absolute atomic E-state index is 0.554. The van der Waals surface area contributed by atoms with Crippen molar-refractivity contribution >= 4 is 98.0 Å². The lowest BCUT2D eigenvalue weighted by Crippen LogP contribution is -2.14. The Morgan fingerprint density at radius 2 is 0.552 bits per heavy atom. The monoisotopic (exact) mass is 774 g/mol. The van der Waals surface area contributed by atoms with Gasteiger partial charge in [0.15, 0.2) is 0 Å². The molecule has 2 aliphatic rings. The van der Waals surface area contributed by atoms with Crippen LogP contribution in [0.3, 0.4) is 0 Å². The van der Waals surface area contributed by atoms with E-state index in [0.29, 0.717) is 10.5 Å². The minimum Gasteiger partial charge on any atom is -0.121 e. The molecule has 12 rings (SSSR count). The molecule has 0 N–H and O–H groups in total. The molecule has 0 spiro atoms. The maximum Gasteiger partial charge on any atom is 0.0255 e. The largest absolute Gasteiger partial charge is 0.121 e. The molecular weight excluding hydrogens is 737 g/mol. The smallest absolute Gasteiger partial charge is 0.0255 e. The van der Waals surface area contributed by atoms with Crippen molar-refractivity contribution in [1.29, 1.82) is 0 Å². The molecule has 0 aliphatic carbocycles. The highest BCUT2D eigenvalue weighted by atomic mass is 32.2. The molecule has 274 valence electrons. The summed E-state index contributed by atoms with van der Waals surface area (Å²) >= 11 is 4.18. The Morgan fingerprint density at radius 1 is 0.259 bits per heavy atom. The van der Waals surface area contributed by atoms with E-state index in [2.05, 4.69) is 218 Å². The number of hydrogen-bond donors (Lipinski definition) is 0. The predicted octanol–water partition coefficient (Wildman–Crippen LogP) is 16.3. The summed E-state index contributed by atoms with van der Waals surface area (Å²) in [5, 5.41) is 17.0. The van der Waals surface area contributed by atoms with Crippen LogP contribution in [-0.2, 0) is 0 Å². The van der Waals surface area contributed by atoms with Gasteiger partial charge >= 0.3 is 0 Å². The highest BCUT2D eigenvalue weighted by molar-refractivity contribution is 8.12. The first kappa shape index (κ1) is 34.0. The summed E-state index contributed by atoms with van der Waals surface area (Å²) in [7, 11) is 0. The van der Waals surface area contributed by atoms with Crippen molar-refractivity contribution < 1.29 is 0 Å². The summed E-state index contributed by atoms with van der Waals surface area (Å²) in [5.41, 5.74) is 7.71. The van der Waals surface area contributed by atoms with Crippen LogP contribution in [0.15, 0.2) is 194 Å². The molecule has 0 amide bonds. The van der Waals surface area contributed by atoms with Crippen LogP contribution in [0.4, 0.5) is 0 Å². The summed E-state index contributed by atoms with van der Waals surface area (Å²) in [6, 6.07) is 67.7. The summed E-state index contributed by atoms with van der Waals surface area (Å²) in [6.45, 7) is 0. The molecule has 2 heterocycles. The Balaban J connectivity index is 0.824. The van der Waals surface area contributed by atoms with Gasteiger partial charge in [-0.3, -0.25) is 0 Å². The van der Waals surface area contributed by atoms with E-state index in [1.807, 2.05) is 0 Å². The molecule has 0 saturated heterocycles. The van der Waals surface area contributed by atoms with Crippen molar-refractivity contribution in [2.45, 2.75) is 23.3 Å². The van der Waals surface area contributed by atoms with Crippen LogP contribution >= 0.6 is 23.5 Å². The molecular formula is C56H38S2. The summed E-state index contributed by atoms with van der Waals surface area (Å²) < 4.78 is 0. The highest BCUT2D eigenvalue weighted by Gasteiger charge is 2.31. The van der Waals surface area contributed by atoms with Crippen LogP contribution in [0.5, 0.6) is 0 Å². The lowest BCUT2D eigenvalue weighted by molar-refractivity contribution is 0.821. The van der Waals surface area contributed by atoms with E-state index < -0.39 is 0 Å². The van der Waals surface area contributed by atoms with Crippen molar-refractivity contribution in [2.75, 3.05) is 0 Å². The predicted molar refractivity (Wildman–Crippen MR) is 257 cm³/mol. The first-order chi connectivity index (χ1) is 28.7. The van der Waals surface area contributed by atoms with E-state index in [4.69, 9.17) is 0 Å². The van der Waals surface area contributed by atoms with Crippen molar-refractivity contribution in [3.63, 3.8) is 0 Å². The zero-order valence-electron chi connectivity index (χ0n) is 31.9. The third-order valence-electron chi connectivity index (χ3n) is 12.5. The summed E-state index contributed by atoms with van der Waals surface area (Å²) in [4.78, 5) is 2.84. The number of benzene rings is 10. The molecule has 0 radical (unpaired) electrons. The number of thioether (sulfide) groups is 2. The van der Waals surface area contributed by atoms with Gasteiger partial charge in [0.2, 0.25) is 0 Å². The number of fused-ring (bicyclic) bond motifs is 12. The molecule has 10 aromatic rings. The Morgan fingerprint density at radius 3 is 0.914 bits per heavy atom. The van der Waals surface area contributed by atoms with Crippen LogP contribution in [-0.4, -0.2) is 10.5 Å². The molecule has 0 aromatic heterocycles. The molecule has 2 heteroatoms. The third-order valence-corrected chi connectivity index (χ3v) is 15.6. The standard InChI is InChI=1S/C56H38S2/c1-3-11-35(12-4-1)37-19-23-45-47-25-21-39(33-51(47)43-17-9-7-15-41(43)49(45)31-37)53-27-29-55(57-53)56-30-28-54(58-56)40-22-26-48-46-24-20-38(36-13-5-2-6-14-36)32-50(46)42-16-8-10-18-44(42)52(48)34-40/h1-28,31-34,55-56H,29-30H2. The molecule has 0 saturated carbocycles. The van der Waals surface area contributed by atoms with Gasteiger partial charge in [-0.1, -0.05) is 170 Å². The average Bonchev–Trinajstić information content (AvgIpc) is 4.01. The molecule has 2 atom stereocenters. The molecule has 2 unspecified atom stereocenters. The Labute approximate surface area is 346 Å². The Bertz CT molecular complexity index is 3070. The van der Waals surface area contributed by atoms with Crippen molar-refractivity contribution in [1.82, 2.24) is 0 Å². The van der Waals surface area contributed by atoms with Crippen LogP contribution in [0.2, 0.25) is 0 Å². The Hall–Kier alpha value is -6.06. The van der Waals surface area contributed by atoms with Crippen LogP contribution in [0, 0.1) is 0 Å². The third kappa shape index (κ3) is 5.62. The van der Waals surface area contributed by atoms with E-state index in [-0.39, 0.29) is 0 Å². The van der Waals surface area contributed by atoms with E-state index >= 15 is 0 Å². The van der Waals surface area contributed by atoms with Crippen LogP contribution in [0.1, 0.15) is 24.0 Å². The average molecular weight is 775 g/mol. The lowest BCUT2D eigenvalue weighted by atomic mass is 9.91. The fraction of sp³-hybridized carbons (Fsp3) is 0.0714. The van der Waals surface area contributed by atoms with Gasteiger partial charge in [-0.25, -0.2) is 0 Å². The second kappa shape index (κ2) is 13.8. The van der Waals surface area contributed by atoms with E-state index in [0.717, 1.165) is 12.8 Å². The lowest BCUT2D eigenvalue weighted by Gasteiger charge is -2.19. The zero-order valence-corrected chi connectivity index (χ0v) is 33.5. The van der Waals surface area contributed by atoms with Crippen molar-refractivity contribution in [3.8, 4) is 22.3 Å². The molecule has 10 aromatic carbocycles. The highest BCUT2D eigenvalue weighted by Crippen LogP contribution is 2.51. The van der Waals surface area contributed by atoms with Gasteiger partial charge < -0.3 is 0 Å². The fourth-order valence-electron chi connectivity index (χ4n) is 9.63. The van der Waals surface area contributed by atoms with E-state index in [1.165, 1.54) is 108 Å². The normalized spacial score (nSPS) is 16.9. The van der Waals surface area contributed by atoms with Gasteiger partial charge in [-0.05, 0) is 135 Å². The van der Waals surface area contributed by atoms with Crippen LogP contribution < -0.4 is 0 Å². The topological polar surface area (TPSA) is 0 Å². The quantitative estimate of drug-likeness (QED) is 0.160. The van der Waals surface area contributed by atoms with Gasteiger partial charge in [0.1, 0.15) is 0 Å². The number of hydrogen-bond acceptors (Lipinski definition) is 2. The van der Waals surface area contributed by atoms with E-state index in [1.54, 1.807) is 0 Å². The SMILES string of the molecule is C1=C(c2ccc3c4ccc(-c5ccccc5)cc4c4ccccc4c3c2)SC(C2CC=C(c3ccc4c5ccc(-c6ccccc6)cc5c5ccccc5c4c3)S2)C1. The molecule has 58 heavy (non-hydrogen) atoms. The minimum atomic E-state index is 0.554. The van der Waals surface area contributed by atoms with Gasteiger partial charge in [-0.2, -0.15) is 0 Å². The second-order valence-electron chi connectivity index (χ2n) is 15.8. The zero-order chi connectivity index (χ0) is 38.2. The first-order valence-corrected chi connectivity index (χ1v) is 22.1. The fourth-order valence-corrected chi connectivity index (χ4v) is 12.4.